The van der Waals surface area contributed by atoms with Gasteiger partial charge in [0.2, 0.25) is 0 Å². The number of benzene rings is 2. The molecule has 0 bridgehead atoms. The summed E-state index contributed by atoms with van der Waals surface area (Å²) in [7, 11) is 1.34. The van der Waals surface area contributed by atoms with E-state index in [1.807, 2.05) is 0 Å². The first-order valence-electron chi connectivity index (χ1n) is 9.18. The van der Waals surface area contributed by atoms with Crippen molar-refractivity contribution in [3.8, 4) is 11.5 Å². The molecule has 0 unspecified atom stereocenters. The van der Waals surface area contributed by atoms with Gasteiger partial charge in [-0.25, -0.2) is 0 Å². The molecule has 7 nitrogen and oxygen atoms in total. The average molecular weight is 396 g/mol. The van der Waals surface area contributed by atoms with Gasteiger partial charge in [0, 0.05) is 42.2 Å². The second kappa shape index (κ2) is 6.23. The van der Waals surface area contributed by atoms with Gasteiger partial charge in [0.15, 0.2) is 17.3 Å². The van der Waals surface area contributed by atoms with E-state index in [0.29, 0.717) is 5.56 Å². The molecule has 2 aromatic carbocycles. The van der Waals surface area contributed by atoms with Crippen molar-refractivity contribution in [2.45, 2.75) is 38.4 Å². The molecule has 0 radical (unpaired) electrons. The zero-order valence-electron chi connectivity index (χ0n) is 16.2. The van der Waals surface area contributed by atoms with Gasteiger partial charge in [-0.15, -0.1) is 0 Å². The number of carbonyl (C=O) groups is 3. The van der Waals surface area contributed by atoms with Crippen LogP contribution in [0.3, 0.4) is 0 Å². The summed E-state index contributed by atoms with van der Waals surface area (Å²) in [6.07, 6.45) is -1.38. The Balaban J connectivity index is 2.06. The quantitative estimate of drug-likeness (QED) is 0.568. The van der Waals surface area contributed by atoms with Crippen molar-refractivity contribution < 1.29 is 34.4 Å². The largest absolute Gasteiger partial charge is 0.507 e. The molecule has 2 atom stereocenters. The van der Waals surface area contributed by atoms with Crippen molar-refractivity contribution in [3.05, 3.63) is 57.1 Å². The highest BCUT2D eigenvalue weighted by molar-refractivity contribution is 6.31. The van der Waals surface area contributed by atoms with Gasteiger partial charge in [0.05, 0.1) is 17.2 Å². The van der Waals surface area contributed by atoms with Crippen molar-refractivity contribution in [1.29, 1.82) is 0 Å². The summed E-state index contributed by atoms with van der Waals surface area (Å²) in [6.45, 7) is 2.91. The number of rotatable bonds is 2. The van der Waals surface area contributed by atoms with E-state index in [1.54, 1.807) is 19.1 Å². The number of phenolic OH excluding ortho intramolecular Hbond substituents is 2. The predicted molar refractivity (Wildman–Crippen MR) is 102 cm³/mol. The van der Waals surface area contributed by atoms with Crippen molar-refractivity contribution >= 4 is 17.3 Å². The third-order valence-corrected chi connectivity index (χ3v) is 6.04. The van der Waals surface area contributed by atoms with Gasteiger partial charge in [-0.2, -0.15) is 0 Å². The molecule has 0 saturated carbocycles. The summed E-state index contributed by atoms with van der Waals surface area (Å²) >= 11 is 0. The zero-order chi connectivity index (χ0) is 21.2. The van der Waals surface area contributed by atoms with Gasteiger partial charge in [-0.3, -0.25) is 14.4 Å². The second-order valence-corrected chi connectivity index (χ2v) is 7.69. The highest BCUT2D eigenvalue weighted by Crippen LogP contribution is 2.51. The zero-order valence-corrected chi connectivity index (χ0v) is 16.2. The van der Waals surface area contributed by atoms with Crippen LogP contribution in [0.4, 0.5) is 0 Å². The smallest absolute Gasteiger partial charge is 0.198 e. The number of fused-ring (bicyclic) bond motifs is 3. The van der Waals surface area contributed by atoms with Gasteiger partial charge in [0.1, 0.15) is 17.1 Å². The number of ketones is 3. The molecule has 0 fully saturated rings. The Hall–Kier alpha value is -3.03. The fourth-order valence-corrected chi connectivity index (χ4v) is 4.42. The Kier molecular flexibility index (Phi) is 4.15. The van der Waals surface area contributed by atoms with Crippen LogP contribution in [0, 0.1) is 6.92 Å². The Morgan fingerprint density at radius 2 is 1.76 bits per heavy atom. The van der Waals surface area contributed by atoms with E-state index < -0.39 is 40.6 Å². The van der Waals surface area contributed by atoms with Crippen LogP contribution < -0.4 is 0 Å². The minimum Gasteiger partial charge on any atom is -0.507 e. The second-order valence-electron chi connectivity index (χ2n) is 7.69. The number of aromatic hydroxyl groups is 2. The summed E-state index contributed by atoms with van der Waals surface area (Å²) in [5.41, 5.74) is -1.35. The molecular weight excluding hydrogens is 376 g/mol. The van der Waals surface area contributed by atoms with Crippen LogP contribution in [0.5, 0.6) is 11.5 Å². The van der Waals surface area contributed by atoms with Gasteiger partial charge in [-0.05, 0) is 19.4 Å². The number of Topliss-reactive ketones (excluding diaryl/α,β-unsaturated/α-hetero) is 1. The third-order valence-electron chi connectivity index (χ3n) is 6.04. The standard InChI is InChI=1S/C22H20O7/c1-9-5-4-6-11-14(9)20(26)17-16(18(11)24)19(25)12-7-22(28,10(2)23)8-13(29-3)15(12)21(17)27/h4-6,13,25,27-28H,7-8H2,1-3H3/t13-,22-/m0/s1. The summed E-state index contributed by atoms with van der Waals surface area (Å²) < 4.78 is 5.37. The van der Waals surface area contributed by atoms with E-state index in [4.69, 9.17) is 4.74 Å². The minimum atomic E-state index is -1.82. The molecule has 0 aromatic heterocycles. The van der Waals surface area contributed by atoms with E-state index in [0.717, 1.165) is 0 Å². The first-order chi connectivity index (χ1) is 13.6. The molecule has 0 amide bonds. The van der Waals surface area contributed by atoms with E-state index in [1.165, 1.54) is 20.1 Å². The molecule has 0 saturated heterocycles. The topological polar surface area (TPSA) is 121 Å². The van der Waals surface area contributed by atoms with Crippen LogP contribution in [-0.4, -0.2) is 45.4 Å². The first kappa shape index (κ1) is 19.3. The monoisotopic (exact) mass is 396 g/mol. The van der Waals surface area contributed by atoms with Gasteiger partial charge < -0.3 is 20.1 Å². The Morgan fingerprint density at radius 1 is 1.10 bits per heavy atom. The number of hydrogen-bond acceptors (Lipinski definition) is 7. The summed E-state index contributed by atoms with van der Waals surface area (Å²) in [4.78, 5) is 38.3. The number of carbonyl (C=O) groups excluding carboxylic acids is 3. The lowest BCUT2D eigenvalue weighted by atomic mass is 9.72. The Labute approximate surface area is 166 Å². The Morgan fingerprint density at radius 3 is 2.38 bits per heavy atom. The molecule has 0 aliphatic heterocycles. The highest BCUT2D eigenvalue weighted by atomic mass is 16.5. The number of methoxy groups -OCH3 is 1. The average Bonchev–Trinajstić information content (AvgIpc) is 2.67. The van der Waals surface area contributed by atoms with Crippen molar-refractivity contribution in [3.63, 3.8) is 0 Å². The van der Waals surface area contributed by atoms with Crippen LogP contribution in [-0.2, 0) is 16.0 Å². The summed E-state index contributed by atoms with van der Waals surface area (Å²) in [6, 6.07) is 4.82. The molecule has 29 heavy (non-hydrogen) atoms. The van der Waals surface area contributed by atoms with E-state index in [-0.39, 0.29) is 46.2 Å². The van der Waals surface area contributed by atoms with Crippen LogP contribution in [0.15, 0.2) is 18.2 Å². The van der Waals surface area contributed by atoms with Crippen molar-refractivity contribution in [2.24, 2.45) is 0 Å². The van der Waals surface area contributed by atoms with E-state index in [9.17, 15) is 29.7 Å². The fraction of sp³-hybridized carbons (Fsp3) is 0.318. The van der Waals surface area contributed by atoms with Crippen LogP contribution in [0.2, 0.25) is 0 Å². The van der Waals surface area contributed by atoms with E-state index >= 15 is 0 Å². The predicted octanol–water partition coefficient (Wildman–Crippen LogP) is 2.14. The number of hydrogen-bond donors (Lipinski definition) is 3. The number of aliphatic hydroxyl groups is 1. The molecule has 3 N–H and O–H groups in total. The molecule has 150 valence electrons. The molecular formula is C22H20O7. The lowest BCUT2D eigenvalue weighted by molar-refractivity contribution is -0.140. The van der Waals surface area contributed by atoms with Gasteiger partial charge in [0.25, 0.3) is 0 Å². The van der Waals surface area contributed by atoms with Crippen LogP contribution in [0.1, 0.15) is 68.0 Å². The summed E-state index contributed by atoms with van der Waals surface area (Å²) in [5, 5.41) is 32.7. The van der Waals surface area contributed by atoms with Crippen molar-refractivity contribution in [2.75, 3.05) is 7.11 Å². The van der Waals surface area contributed by atoms with Crippen LogP contribution in [0.25, 0.3) is 0 Å². The molecule has 0 spiro atoms. The minimum absolute atomic E-state index is 0.0364. The highest BCUT2D eigenvalue weighted by Gasteiger charge is 2.47. The maximum Gasteiger partial charge on any atom is 0.198 e. The van der Waals surface area contributed by atoms with Gasteiger partial charge >= 0.3 is 0 Å². The molecule has 7 heteroatoms. The number of phenols is 2. The maximum atomic E-state index is 13.2. The first-order valence-corrected chi connectivity index (χ1v) is 9.18. The normalized spacial score (nSPS) is 22.7. The number of ether oxygens (including phenoxy) is 1. The lowest BCUT2D eigenvalue weighted by Gasteiger charge is -2.37. The Bertz CT molecular complexity index is 1110. The SMILES string of the molecule is CO[C@H]1C[C@](O)(C(C)=O)Cc2c(O)c3c(c(O)c21)C(=O)c1c(C)cccc1C3=O. The molecule has 4 rings (SSSR count). The van der Waals surface area contributed by atoms with E-state index in [2.05, 4.69) is 0 Å². The lowest BCUT2D eigenvalue weighted by Crippen LogP contribution is -2.44. The molecule has 0 heterocycles. The van der Waals surface area contributed by atoms with Gasteiger partial charge in [-0.1, -0.05) is 18.2 Å². The molecule has 2 aliphatic carbocycles. The fourth-order valence-electron chi connectivity index (χ4n) is 4.42. The van der Waals surface area contributed by atoms with Crippen molar-refractivity contribution in [1.82, 2.24) is 0 Å². The maximum absolute atomic E-state index is 13.2. The number of aryl methyl sites for hydroxylation is 1. The van der Waals surface area contributed by atoms with Crippen LogP contribution >= 0.6 is 0 Å². The molecule has 2 aromatic rings. The molecule has 2 aliphatic rings. The third kappa shape index (κ3) is 2.47. The summed E-state index contributed by atoms with van der Waals surface area (Å²) in [5.74, 6) is -2.66.